The normalized spacial score (nSPS) is 16.6. The molecule has 0 saturated carbocycles. The maximum atomic E-state index is 4.44. The van der Waals surface area contributed by atoms with Crippen LogP contribution in [0.15, 0.2) is 6.20 Å². The molecule has 2 aromatic rings. The van der Waals surface area contributed by atoms with Crippen LogP contribution in [0.5, 0.6) is 0 Å². The summed E-state index contributed by atoms with van der Waals surface area (Å²) in [5, 5.41) is 14.2. The molecule has 0 atom stereocenters. The number of rotatable bonds is 2. The third-order valence-corrected chi connectivity index (χ3v) is 3.14. The van der Waals surface area contributed by atoms with Crippen molar-refractivity contribution in [3.63, 3.8) is 0 Å². The number of hydrogen-bond acceptors (Lipinski definition) is 7. The van der Waals surface area contributed by atoms with Gasteiger partial charge in [-0.05, 0) is 11.5 Å². The molecule has 0 spiro atoms. The second-order valence-corrected chi connectivity index (χ2v) is 4.29. The van der Waals surface area contributed by atoms with E-state index in [1.165, 1.54) is 11.5 Å². The predicted molar refractivity (Wildman–Crippen MR) is 60.4 cm³/mol. The fourth-order valence-corrected chi connectivity index (χ4v) is 2.10. The number of hydrogen-bond donors (Lipinski definition) is 2. The summed E-state index contributed by atoms with van der Waals surface area (Å²) in [6.07, 6.45) is 1.69. The molecular weight excluding hydrogens is 226 g/mol. The van der Waals surface area contributed by atoms with Crippen LogP contribution in [0.4, 0.5) is 5.95 Å². The molecule has 0 radical (unpaired) electrons. The molecule has 0 aromatic carbocycles. The summed E-state index contributed by atoms with van der Waals surface area (Å²) in [4.78, 5) is 7.51. The van der Waals surface area contributed by atoms with Gasteiger partial charge in [0.2, 0.25) is 5.95 Å². The van der Waals surface area contributed by atoms with Crippen molar-refractivity contribution in [3.8, 4) is 10.7 Å². The van der Waals surface area contributed by atoms with Gasteiger partial charge in [-0.1, -0.05) is 4.49 Å². The third kappa shape index (κ3) is 1.76. The molecule has 0 amide bonds. The molecule has 1 aliphatic heterocycles. The zero-order valence-corrected chi connectivity index (χ0v) is 9.37. The minimum atomic E-state index is 0.739. The van der Waals surface area contributed by atoms with Crippen LogP contribution < -0.4 is 10.2 Å². The number of piperazine rings is 1. The highest BCUT2D eigenvalue weighted by atomic mass is 32.1. The fourth-order valence-electron chi connectivity index (χ4n) is 1.64. The molecule has 16 heavy (non-hydrogen) atoms. The van der Waals surface area contributed by atoms with Gasteiger partial charge >= 0.3 is 0 Å². The molecule has 2 aromatic heterocycles. The number of anilines is 1. The Morgan fingerprint density at radius 1 is 1.31 bits per heavy atom. The van der Waals surface area contributed by atoms with Gasteiger partial charge in [0, 0.05) is 26.2 Å². The van der Waals surface area contributed by atoms with E-state index < -0.39 is 0 Å². The van der Waals surface area contributed by atoms with Crippen molar-refractivity contribution in [1.82, 2.24) is 30.1 Å². The Morgan fingerprint density at radius 2 is 2.19 bits per heavy atom. The Kier molecular flexibility index (Phi) is 2.50. The Balaban J connectivity index is 1.82. The van der Waals surface area contributed by atoms with Crippen molar-refractivity contribution in [2.45, 2.75) is 0 Å². The summed E-state index contributed by atoms with van der Waals surface area (Å²) in [5.41, 5.74) is 0. The Morgan fingerprint density at radius 3 is 2.94 bits per heavy atom. The monoisotopic (exact) mass is 237 g/mol. The van der Waals surface area contributed by atoms with Crippen LogP contribution in [0.25, 0.3) is 10.7 Å². The number of nitrogens with zero attached hydrogens (tertiary/aromatic N) is 5. The molecule has 0 bridgehead atoms. The van der Waals surface area contributed by atoms with Crippen LogP contribution in [0.3, 0.4) is 0 Å². The van der Waals surface area contributed by atoms with E-state index in [2.05, 4.69) is 35.0 Å². The molecule has 84 valence electrons. The number of H-pyrrole nitrogens is 1. The van der Waals surface area contributed by atoms with Gasteiger partial charge in [-0.25, -0.2) is 0 Å². The molecular formula is C8H11N7S. The van der Waals surface area contributed by atoms with Crippen LogP contribution in [0.2, 0.25) is 0 Å². The van der Waals surface area contributed by atoms with Gasteiger partial charge in [0.15, 0.2) is 5.82 Å². The fraction of sp³-hybridized carbons (Fsp3) is 0.500. The van der Waals surface area contributed by atoms with Crippen LogP contribution in [-0.2, 0) is 0 Å². The second kappa shape index (κ2) is 4.14. The van der Waals surface area contributed by atoms with Crippen LogP contribution in [0.1, 0.15) is 0 Å². The molecule has 1 aliphatic rings. The number of aromatic nitrogens is 5. The van der Waals surface area contributed by atoms with Gasteiger partial charge in [-0.15, -0.1) is 10.2 Å². The van der Waals surface area contributed by atoms with Gasteiger partial charge < -0.3 is 10.2 Å². The first-order valence-corrected chi connectivity index (χ1v) is 5.86. The quantitative estimate of drug-likeness (QED) is 0.748. The van der Waals surface area contributed by atoms with Crippen molar-refractivity contribution in [2.75, 3.05) is 31.1 Å². The summed E-state index contributed by atoms with van der Waals surface area (Å²) in [7, 11) is 0. The highest BCUT2D eigenvalue weighted by Gasteiger charge is 2.15. The minimum absolute atomic E-state index is 0.739. The lowest BCUT2D eigenvalue weighted by Crippen LogP contribution is -2.44. The minimum Gasteiger partial charge on any atom is -0.337 e. The van der Waals surface area contributed by atoms with E-state index in [4.69, 9.17) is 0 Å². The van der Waals surface area contributed by atoms with E-state index >= 15 is 0 Å². The second-order valence-electron chi connectivity index (χ2n) is 3.50. The van der Waals surface area contributed by atoms with Gasteiger partial charge in [0.1, 0.15) is 4.88 Å². The standard InChI is InChI=1S/C8H11N7S/c1-3-15(4-2-9-1)8-11-7(12-13-8)6-5-10-14-16-6/h5,9H,1-4H2,(H,11,12,13). The Labute approximate surface area is 96.1 Å². The Bertz CT molecular complexity index is 445. The molecule has 8 heteroatoms. The smallest absolute Gasteiger partial charge is 0.245 e. The van der Waals surface area contributed by atoms with E-state index in [1.807, 2.05) is 0 Å². The van der Waals surface area contributed by atoms with E-state index in [9.17, 15) is 0 Å². The first-order chi connectivity index (χ1) is 7.93. The lowest BCUT2D eigenvalue weighted by atomic mass is 10.4. The zero-order chi connectivity index (χ0) is 10.8. The van der Waals surface area contributed by atoms with Crippen LogP contribution in [0, 0.1) is 0 Å². The summed E-state index contributed by atoms with van der Waals surface area (Å²) in [5.74, 6) is 1.49. The topological polar surface area (TPSA) is 82.6 Å². The van der Waals surface area contributed by atoms with E-state index in [0.717, 1.165) is 42.8 Å². The molecule has 2 N–H and O–H groups in total. The average molecular weight is 237 g/mol. The lowest BCUT2D eigenvalue weighted by molar-refractivity contribution is 0.580. The molecule has 3 heterocycles. The molecule has 3 rings (SSSR count). The van der Waals surface area contributed by atoms with Crippen molar-refractivity contribution in [1.29, 1.82) is 0 Å². The molecule has 1 fully saturated rings. The van der Waals surface area contributed by atoms with Crippen LogP contribution >= 0.6 is 11.5 Å². The summed E-state index contributed by atoms with van der Waals surface area (Å²) in [6.45, 7) is 3.84. The van der Waals surface area contributed by atoms with Crippen molar-refractivity contribution in [2.24, 2.45) is 0 Å². The predicted octanol–water partition coefficient (Wildman–Crippen LogP) is -0.267. The Hall–Kier alpha value is -1.54. The van der Waals surface area contributed by atoms with Crippen molar-refractivity contribution >= 4 is 17.5 Å². The number of nitrogens with one attached hydrogen (secondary N) is 2. The molecule has 1 saturated heterocycles. The van der Waals surface area contributed by atoms with Gasteiger partial charge in [-0.3, -0.25) is 5.10 Å². The largest absolute Gasteiger partial charge is 0.337 e. The molecule has 7 nitrogen and oxygen atoms in total. The molecule has 0 aliphatic carbocycles. The highest BCUT2D eigenvalue weighted by molar-refractivity contribution is 7.09. The maximum Gasteiger partial charge on any atom is 0.245 e. The first kappa shape index (κ1) is 9.67. The van der Waals surface area contributed by atoms with Crippen molar-refractivity contribution in [3.05, 3.63) is 6.20 Å². The van der Waals surface area contributed by atoms with E-state index in [0.29, 0.717) is 0 Å². The van der Waals surface area contributed by atoms with E-state index in [-0.39, 0.29) is 0 Å². The summed E-state index contributed by atoms with van der Waals surface area (Å²) in [6, 6.07) is 0. The average Bonchev–Trinajstić information content (AvgIpc) is 3.01. The van der Waals surface area contributed by atoms with Gasteiger partial charge in [0.25, 0.3) is 0 Å². The number of aromatic amines is 1. The van der Waals surface area contributed by atoms with Gasteiger partial charge in [0.05, 0.1) is 6.20 Å². The van der Waals surface area contributed by atoms with Crippen LogP contribution in [-0.4, -0.2) is 50.9 Å². The highest BCUT2D eigenvalue weighted by Crippen LogP contribution is 2.19. The maximum absolute atomic E-state index is 4.44. The zero-order valence-electron chi connectivity index (χ0n) is 8.55. The van der Waals surface area contributed by atoms with Gasteiger partial charge in [-0.2, -0.15) is 4.98 Å². The van der Waals surface area contributed by atoms with E-state index in [1.54, 1.807) is 6.20 Å². The van der Waals surface area contributed by atoms with Crippen molar-refractivity contribution < 1.29 is 0 Å². The third-order valence-electron chi connectivity index (χ3n) is 2.47. The SMILES string of the molecule is c1nnsc1-c1nc(N2CCNCC2)n[nH]1. The first-order valence-electron chi connectivity index (χ1n) is 5.09. The molecule has 0 unspecified atom stereocenters. The summed E-state index contributed by atoms with van der Waals surface area (Å²) < 4.78 is 3.80. The summed E-state index contributed by atoms with van der Waals surface area (Å²) >= 11 is 1.31. The lowest BCUT2D eigenvalue weighted by Gasteiger charge is -2.25.